The maximum Gasteiger partial charge on any atom is 0.412 e. The number of aryl methyl sites for hydroxylation is 1. The number of hydrogen-bond acceptors (Lipinski definition) is 3. The van der Waals surface area contributed by atoms with Gasteiger partial charge in [0.25, 0.3) is 0 Å². The van der Waals surface area contributed by atoms with Crippen molar-refractivity contribution < 1.29 is 19.0 Å². The Balaban J connectivity index is 2.80. The first-order valence-electron chi connectivity index (χ1n) is 6.64. The summed E-state index contributed by atoms with van der Waals surface area (Å²) in [5.41, 5.74) is 0.544. The van der Waals surface area contributed by atoms with Crippen LogP contribution in [0, 0.1) is 5.82 Å². The molecule has 5 heteroatoms. The number of ether oxygens (including phenoxy) is 1. The second kappa shape index (κ2) is 6.70. The van der Waals surface area contributed by atoms with Crippen LogP contribution >= 0.6 is 0 Å². The van der Waals surface area contributed by atoms with Gasteiger partial charge in [-0.2, -0.15) is 0 Å². The molecule has 0 spiro atoms. The van der Waals surface area contributed by atoms with E-state index in [9.17, 15) is 14.3 Å². The highest BCUT2D eigenvalue weighted by Crippen LogP contribution is 2.20. The van der Waals surface area contributed by atoms with E-state index in [1.165, 1.54) is 18.2 Å². The predicted molar refractivity (Wildman–Crippen MR) is 76.3 cm³/mol. The fraction of sp³-hybridized carbons (Fsp3) is 0.533. The first-order valence-corrected chi connectivity index (χ1v) is 6.64. The summed E-state index contributed by atoms with van der Waals surface area (Å²) >= 11 is 0. The molecule has 0 heterocycles. The molecule has 4 nitrogen and oxygen atoms in total. The molecule has 0 saturated heterocycles. The van der Waals surface area contributed by atoms with Crippen LogP contribution in [-0.4, -0.2) is 22.9 Å². The van der Waals surface area contributed by atoms with Crippen LogP contribution in [0.4, 0.5) is 14.9 Å². The van der Waals surface area contributed by atoms with Gasteiger partial charge in [-0.1, -0.05) is 0 Å². The molecule has 20 heavy (non-hydrogen) atoms. The maximum absolute atomic E-state index is 13.3. The van der Waals surface area contributed by atoms with Gasteiger partial charge < -0.3 is 9.84 Å². The van der Waals surface area contributed by atoms with Crippen molar-refractivity contribution in [2.24, 2.45) is 0 Å². The molecule has 1 aromatic carbocycles. The molecule has 0 unspecified atom stereocenters. The lowest BCUT2D eigenvalue weighted by atomic mass is 10.1. The van der Waals surface area contributed by atoms with Crippen LogP contribution in [0.15, 0.2) is 18.2 Å². The third kappa shape index (κ3) is 6.02. The third-order valence-electron chi connectivity index (χ3n) is 2.53. The number of benzene rings is 1. The highest BCUT2D eigenvalue weighted by Gasteiger charge is 2.17. The molecular formula is C15H22FNO3. The third-order valence-corrected chi connectivity index (χ3v) is 2.53. The lowest BCUT2D eigenvalue weighted by Crippen LogP contribution is -2.27. The van der Waals surface area contributed by atoms with Crippen LogP contribution in [0.3, 0.4) is 0 Å². The minimum atomic E-state index is -0.593. The van der Waals surface area contributed by atoms with Gasteiger partial charge in [0, 0.05) is 5.69 Å². The summed E-state index contributed by atoms with van der Waals surface area (Å²) in [4.78, 5) is 11.7. The highest BCUT2D eigenvalue weighted by atomic mass is 19.1. The number of rotatable bonds is 4. The first-order chi connectivity index (χ1) is 9.17. The Labute approximate surface area is 119 Å². The molecule has 1 rings (SSSR count). The Kier molecular flexibility index (Phi) is 5.51. The Morgan fingerprint density at radius 2 is 2.10 bits per heavy atom. The first kappa shape index (κ1) is 16.4. The Bertz CT molecular complexity index is 467. The molecular weight excluding hydrogens is 261 g/mol. The molecule has 0 fully saturated rings. The summed E-state index contributed by atoms with van der Waals surface area (Å²) in [6.07, 6.45) is -0.0949. The van der Waals surface area contributed by atoms with E-state index in [1.54, 1.807) is 27.7 Å². The summed E-state index contributed by atoms with van der Waals surface area (Å²) in [7, 11) is 0. The van der Waals surface area contributed by atoms with Crippen molar-refractivity contribution in [3.8, 4) is 0 Å². The van der Waals surface area contributed by atoms with Crippen molar-refractivity contribution in [3.63, 3.8) is 0 Å². The maximum atomic E-state index is 13.3. The molecule has 0 aliphatic rings. The van der Waals surface area contributed by atoms with Crippen LogP contribution in [0.5, 0.6) is 0 Å². The van der Waals surface area contributed by atoms with Gasteiger partial charge in [-0.25, -0.2) is 9.18 Å². The lowest BCUT2D eigenvalue weighted by molar-refractivity contribution is 0.0635. The average Bonchev–Trinajstić information content (AvgIpc) is 2.26. The normalized spacial score (nSPS) is 12.9. The summed E-state index contributed by atoms with van der Waals surface area (Å²) in [6, 6.07) is 4.13. The van der Waals surface area contributed by atoms with Gasteiger partial charge in [-0.05, 0) is 64.3 Å². The number of hydrogen-bond donors (Lipinski definition) is 2. The zero-order chi connectivity index (χ0) is 15.3. The quantitative estimate of drug-likeness (QED) is 0.889. The zero-order valence-electron chi connectivity index (χ0n) is 12.4. The van der Waals surface area contributed by atoms with Crippen LogP contribution < -0.4 is 5.32 Å². The van der Waals surface area contributed by atoms with E-state index in [1.807, 2.05) is 0 Å². The van der Waals surface area contributed by atoms with Gasteiger partial charge in [0.1, 0.15) is 11.4 Å². The van der Waals surface area contributed by atoms with Crippen molar-refractivity contribution in [1.29, 1.82) is 0 Å². The van der Waals surface area contributed by atoms with Crippen LogP contribution in [0.25, 0.3) is 0 Å². The fourth-order valence-corrected chi connectivity index (χ4v) is 1.67. The van der Waals surface area contributed by atoms with Crippen LogP contribution in [0.1, 0.15) is 39.7 Å². The average molecular weight is 283 g/mol. The molecule has 0 saturated carbocycles. The van der Waals surface area contributed by atoms with E-state index < -0.39 is 17.8 Å². The van der Waals surface area contributed by atoms with Crippen LogP contribution in [0.2, 0.25) is 0 Å². The highest BCUT2D eigenvalue weighted by molar-refractivity contribution is 5.85. The fourth-order valence-electron chi connectivity index (χ4n) is 1.67. The summed E-state index contributed by atoms with van der Waals surface area (Å²) in [5, 5.41) is 11.9. The molecule has 1 atom stereocenters. The van der Waals surface area contributed by atoms with E-state index in [0.29, 0.717) is 24.1 Å². The zero-order valence-corrected chi connectivity index (χ0v) is 12.4. The Morgan fingerprint density at radius 1 is 1.45 bits per heavy atom. The summed E-state index contributed by atoms with van der Waals surface area (Å²) in [6.45, 7) is 6.98. The number of halogens is 1. The van der Waals surface area contributed by atoms with Crippen LogP contribution in [-0.2, 0) is 11.2 Å². The molecule has 1 amide bonds. The van der Waals surface area contributed by atoms with E-state index in [2.05, 4.69) is 5.32 Å². The van der Waals surface area contributed by atoms with Gasteiger partial charge in [0.15, 0.2) is 0 Å². The van der Waals surface area contributed by atoms with E-state index in [0.717, 1.165) is 0 Å². The van der Waals surface area contributed by atoms with Gasteiger partial charge in [-0.15, -0.1) is 0 Å². The number of carbonyl (C=O) groups is 1. The Morgan fingerprint density at radius 3 is 2.65 bits per heavy atom. The second-order valence-electron chi connectivity index (χ2n) is 5.82. The van der Waals surface area contributed by atoms with Crippen molar-refractivity contribution in [2.45, 2.75) is 52.2 Å². The number of carbonyl (C=O) groups excluding carboxylic acids is 1. The molecule has 0 aromatic heterocycles. The summed E-state index contributed by atoms with van der Waals surface area (Å²) in [5.74, 6) is -0.375. The SMILES string of the molecule is C[C@H](O)CCc1cc(F)ccc1NC(=O)OC(C)(C)C. The van der Waals surface area contributed by atoms with Gasteiger partial charge in [-0.3, -0.25) is 5.32 Å². The van der Waals surface area contributed by atoms with Gasteiger partial charge >= 0.3 is 6.09 Å². The molecule has 0 aliphatic carbocycles. The summed E-state index contributed by atoms with van der Waals surface area (Å²) < 4.78 is 18.4. The predicted octanol–water partition coefficient (Wildman–Crippen LogP) is 3.49. The molecule has 0 radical (unpaired) electrons. The topological polar surface area (TPSA) is 58.6 Å². The molecule has 112 valence electrons. The molecule has 0 aliphatic heterocycles. The minimum absolute atomic E-state index is 0.375. The van der Waals surface area contributed by atoms with Crippen molar-refractivity contribution >= 4 is 11.8 Å². The van der Waals surface area contributed by atoms with E-state index in [4.69, 9.17) is 4.74 Å². The van der Waals surface area contributed by atoms with E-state index in [-0.39, 0.29) is 5.82 Å². The molecule has 2 N–H and O–H groups in total. The monoisotopic (exact) mass is 283 g/mol. The number of nitrogens with one attached hydrogen (secondary N) is 1. The largest absolute Gasteiger partial charge is 0.444 e. The smallest absolute Gasteiger partial charge is 0.412 e. The number of aliphatic hydroxyl groups excluding tert-OH is 1. The second-order valence-corrected chi connectivity index (χ2v) is 5.82. The van der Waals surface area contributed by atoms with Crippen molar-refractivity contribution in [3.05, 3.63) is 29.6 Å². The minimum Gasteiger partial charge on any atom is -0.444 e. The van der Waals surface area contributed by atoms with Gasteiger partial charge in [0.2, 0.25) is 0 Å². The Hall–Kier alpha value is -1.62. The van der Waals surface area contributed by atoms with Crippen molar-refractivity contribution in [1.82, 2.24) is 0 Å². The number of amides is 1. The van der Waals surface area contributed by atoms with Gasteiger partial charge in [0.05, 0.1) is 6.10 Å². The van der Waals surface area contributed by atoms with E-state index >= 15 is 0 Å². The number of anilines is 1. The van der Waals surface area contributed by atoms with Crippen molar-refractivity contribution in [2.75, 3.05) is 5.32 Å². The standard InChI is InChI=1S/C15H22FNO3/c1-10(18)5-6-11-9-12(16)7-8-13(11)17-14(19)20-15(2,3)4/h7-10,18H,5-6H2,1-4H3,(H,17,19)/t10-/m0/s1. The lowest BCUT2D eigenvalue weighted by Gasteiger charge is -2.20. The molecule has 1 aromatic rings. The number of aliphatic hydroxyl groups is 1. The molecule has 0 bridgehead atoms.